The molecular formula is C15H18Cl2N2O2. The minimum atomic E-state index is -0.957. The zero-order valence-electron chi connectivity index (χ0n) is 12.2. The second kappa shape index (κ2) is 5.50. The van der Waals surface area contributed by atoms with Crippen LogP contribution in [0.3, 0.4) is 0 Å². The van der Waals surface area contributed by atoms with Crippen LogP contribution in [-0.4, -0.2) is 35.1 Å². The molecule has 0 saturated heterocycles. The smallest absolute Gasteiger partial charge is 0.251 e. The average Bonchev–Trinajstić information content (AvgIpc) is 2.97. The molecule has 6 heteroatoms. The van der Waals surface area contributed by atoms with Crippen LogP contribution >= 0.6 is 23.2 Å². The number of hydrogen-bond acceptors (Lipinski definition) is 2. The van der Waals surface area contributed by atoms with E-state index in [9.17, 15) is 9.59 Å². The van der Waals surface area contributed by atoms with Crippen LogP contribution < -0.4 is 5.32 Å². The molecule has 0 spiro atoms. The molecule has 0 bridgehead atoms. The Morgan fingerprint density at radius 1 is 1.29 bits per heavy atom. The zero-order valence-corrected chi connectivity index (χ0v) is 13.8. The van der Waals surface area contributed by atoms with E-state index in [4.69, 9.17) is 23.2 Å². The molecule has 1 aromatic carbocycles. The predicted octanol–water partition coefficient (Wildman–Crippen LogP) is 2.59. The maximum atomic E-state index is 12.4. The Labute approximate surface area is 134 Å². The topological polar surface area (TPSA) is 49.4 Å². The van der Waals surface area contributed by atoms with Crippen LogP contribution in [0.4, 0.5) is 0 Å². The quantitative estimate of drug-likeness (QED) is 0.863. The third-order valence-electron chi connectivity index (χ3n) is 3.94. The number of rotatable bonds is 4. The fourth-order valence-corrected chi connectivity index (χ4v) is 3.00. The van der Waals surface area contributed by atoms with Gasteiger partial charge in [-0.15, -0.1) is 23.2 Å². The largest absolute Gasteiger partial charge is 0.355 e. The second-order valence-electron chi connectivity index (χ2n) is 5.65. The SMILES string of the molecule is CNC(=O)c1ccc(CN(C)C(=O)[C@@]2(C)CC2(Cl)Cl)cc1. The monoisotopic (exact) mass is 328 g/mol. The number of carbonyl (C=O) groups is 2. The van der Waals surface area contributed by atoms with E-state index in [-0.39, 0.29) is 11.8 Å². The minimum absolute atomic E-state index is 0.0668. The zero-order chi connectivity index (χ0) is 15.8. The third kappa shape index (κ3) is 3.01. The molecule has 1 fully saturated rings. The van der Waals surface area contributed by atoms with Gasteiger partial charge >= 0.3 is 0 Å². The van der Waals surface area contributed by atoms with Crippen LogP contribution in [0.25, 0.3) is 0 Å². The maximum absolute atomic E-state index is 12.4. The van der Waals surface area contributed by atoms with Crippen molar-refractivity contribution >= 4 is 35.0 Å². The lowest BCUT2D eigenvalue weighted by molar-refractivity contribution is -0.135. The molecule has 0 unspecified atom stereocenters. The summed E-state index contributed by atoms with van der Waals surface area (Å²) < 4.78 is -0.957. The Morgan fingerprint density at radius 3 is 2.24 bits per heavy atom. The fraction of sp³-hybridized carbons (Fsp3) is 0.467. The van der Waals surface area contributed by atoms with E-state index in [2.05, 4.69) is 5.32 Å². The summed E-state index contributed by atoms with van der Waals surface area (Å²) in [5.41, 5.74) is 0.829. The summed E-state index contributed by atoms with van der Waals surface area (Å²) in [6.45, 7) is 2.23. The van der Waals surface area contributed by atoms with E-state index in [0.717, 1.165) is 5.56 Å². The molecule has 0 heterocycles. The number of amides is 2. The van der Waals surface area contributed by atoms with E-state index < -0.39 is 9.75 Å². The average molecular weight is 329 g/mol. The molecule has 2 amide bonds. The van der Waals surface area contributed by atoms with Crippen molar-refractivity contribution in [3.8, 4) is 0 Å². The molecule has 21 heavy (non-hydrogen) atoms. The highest BCUT2D eigenvalue weighted by Crippen LogP contribution is 2.64. The summed E-state index contributed by atoms with van der Waals surface area (Å²) >= 11 is 12.1. The van der Waals surface area contributed by atoms with Gasteiger partial charge in [-0.25, -0.2) is 0 Å². The lowest BCUT2D eigenvalue weighted by atomic mass is 10.1. The molecule has 0 radical (unpaired) electrons. The van der Waals surface area contributed by atoms with Gasteiger partial charge < -0.3 is 10.2 Å². The van der Waals surface area contributed by atoms with Crippen molar-refractivity contribution in [2.45, 2.75) is 24.2 Å². The van der Waals surface area contributed by atoms with Gasteiger partial charge in [-0.05, 0) is 31.0 Å². The van der Waals surface area contributed by atoms with Crippen molar-refractivity contribution in [2.24, 2.45) is 5.41 Å². The maximum Gasteiger partial charge on any atom is 0.251 e. The highest BCUT2D eigenvalue weighted by Gasteiger charge is 2.68. The molecule has 0 aliphatic heterocycles. The molecule has 1 aliphatic carbocycles. The number of nitrogens with one attached hydrogen (secondary N) is 1. The Morgan fingerprint density at radius 2 is 1.81 bits per heavy atom. The number of hydrogen-bond donors (Lipinski definition) is 1. The lowest BCUT2D eigenvalue weighted by Crippen LogP contribution is -2.34. The normalized spacial score (nSPS) is 22.5. The van der Waals surface area contributed by atoms with Crippen LogP contribution in [0.1, 0.15) is 29.3 Å². The van der Waals surface area contributed by atoms with Gasteiger partial charge in [0.25, 0.3) is 5.91 Å². The van der Waals surface area contributed by atoms with Gasteiger partial charge in [0.2, 0.25) is 5.91 Å². The molecule has 0 aromatic heterocycles. The van der Waals surface area contributed by atoms with Crippen LogP contribution in [-0.2, 0) is 11.3 Å². The number of benzene rings is 1. The molecule has 1 saturated carbocycles. The van der Waals surface area contributed by atoms with Gasteiger partial charge in [-0.3, -0.25) is 9.59 Å². The first-order valence-electron chi connectivity index (χ1n) is 6.66. The number of halogens is 2. The summed E-state index contributed by atoms with van der Waals surface area (Å²) in [6.07, 6.45) is 0.474. The Bertz CT molecular complexity index is 572. The van der Waals surface area contributed by atoms with Crippen molar-refractivity contribution in [3.63, 3.8) is 0 Å². The third-order valence-corrected chi connectivity index (χ3v) is 5.04. The first-order valence-corrected chi connectivity index (χ1v) is 7.41. The van der Waals surface area contributed by atoms with Crippen molar-refractivity contribution < 1.29 is 9.59 Å². The van der Waals surface area contributed by atoms with E-state index >= 15 is 0 Å². The number of carbonyl (C=O) groups excluding carboxylic acids is 2. The summed E-state index contributed by atoms with van der Waals surface area (Å²) in [5.74, 6) is -0.201. The highest BCUT2D eigenvalue weighted by atomic mass is 35.5. The minimum Gasteiger partial charge on any atom is -0.355 e. The molecule has 2 rings (SSSR count). The summed E-state index contributed by atoms with van der Waals surface area (Å²) in [6, 6.07) is 7.13. The van der Waals surface area contributed by atoms with Gasteiger partial charge in [0, 0.05) is 26.2 Å². The molecule has 114 valence electrons. The summed E-state index contributed by atoms with van der Waals surface area (Å²) in [7, 11) is 3.31. The van der Waals surface area contributed by atoms with Crippen molar-refractivity contribution in [1.29, 1.82) is 0 Å². The van der Waals surface area contributed by atoms with Gasteiger partial charge in [0.05, 0.1) is 5.41 Å². The van der Waals surface area contributed by atoms with Gasteiger partial charge in [0.1, 0.15) is 4.33 Å². The summed E-state index contributed by atoms with van der Waals surface area (Å²) in [5, 5.41) is 2.56. The fourth-order valence-electron chi connectivity index (χ4n) is 2.30. The number of alkyl halides is 2. The number of nitrogens with zero attached hydrogens (tertiary/aromatic N) is 1. The van der Waals surface area contributed by atoms with Crippen molar-refractivity contribution in [3.05, 3.63) is 35.4 Å². The molecule has 1 aliphatic rings. The van der Waals surface area contributed by atoms with Gasteiger partial charge in [0.15, 0.2) is 0 Å². The second-order valence-corrected chi connectivity index (χ2v) is 7.13. The molecule has 1 N–H and O–H groups in total. The first-order chi connectivity index (χ1) is 9.71. The van der Waals surface area contributed by atoms with E-state index in [1.54, 1.807) is 38.1 Å². The van der Waals surface area contributed by atoms with Gasteiger partial charge in [-0.2, -0.15) is 0 Å². The highest BCUT2D eigenvalue weighted by molar-refractivity contribution is 6.53. The standard InChI is InChI=1S/C15H18Cl2N2O2/c1-14(9-15(14,16)17)13(21)19(3)8-10-4-6-11(7-5-10)12(20)18-2/h4-7H,8-9H2,1-3H3,(H,18,20)/t14-/m1/s1. The lowest BCUT2D eigenvalue weighted by Gasteiger charge is -2.22. The molecule has 1 atom stereocenters. The Balaban J connectivity index is 2.02. The van der Waals surface area contributed by atoms with Crippen molar-refractivity contribution in [1.82, 2.24) is 10.2 Å². The van der Waals surface area contributed by atoms with Crippen LogP contribution in [0.5, 0.6) is 0 Å². The van der Waals surface area contributed by atoms with Gasteiger partial charge in [-0.1, -0.05) is 12.1 Å². The van der Waals surface area contributed by atoms with E-state index in [0.29, 0.717) is 18.5 Å². The Hall–Kier alpha value is -1.26. The first kappa shape index (κ1) is 16.1. The van der Waals surface area contributed by atoms with Crippen LogP contribution in [0.2, 0.25) is 0 Å². The van der Waals surface area contributed by atoms with Crippen LogP contribution in [0.15, 0.2) is 24.3 Å². The Kier molecular flexibility index (Phi) is 4.22. The van der Waals surface area contributed by atoms with Crippen molar-refractivity contribution in [2.75, 3.05) is 14.1 Å². The summed E-state index contributed by atoms with van der Waals surface area (Å²) in [4.78, 5) is 25.4. The predicted molar refractivity (Wildman–Crippen MR) is 83.5 cm³/mol. The molecule has 1 aromatic rings. The van der Waals surface area contributed by atoms with Crippen LogP contribution in [0, 0.1) is 5.41 Å². The molecule has 4 nitrogen and oxygen atoms in total. The van der Waals surface area contributed by atoms with E-state index in [1.165, 1.54) is 0 Å². The van der Waals surface area contributed by atoms with E-state index in [1.807, 2.05) is 12.1 Å². The molecular weight excluding hydrogens is 311 g/mol.